The summed E-state index contributed by atoms with van der Waals surface area (Å²) in [6.07, 6.45) is 0. The highest BCUT2D eigenvalue weighted by molar-refractivity contribution is 7.94. The van der Waals surface area contributed by atoms with Crippen molar-refractivity contribution in [1.82, 2.24) is 15.8 Å². The summed E-state index contributed by atoms with van der Waals surface area (Å²) in [5, 5.41) is 11.2. The summed E-state index contributed by atoms with van der Waals surface area (Å²) in [5.41, 5.74) is 14.8. The Hall–Kier alpha value is -3.24. The van der Waals surface area contributed by atoms with Gasteiger partial charge < -0.3 is 21.2 Å². The minimum Gasteiger partial charge on any atom is -0.424 e. The summed E-state index contributed by atoms with van der Waals surface area (Å²) >= 11 is 0. The Labute approximate surface area is 182 Å². The molecule has 1 fully saturated rings. The number of nitrogens with one attached hydrogen (secondary N) is 2. The molecule has 32 heavy (non-hydrogen) atoms. The number of hydrogen-bond acceptors (Lipinski definition) is 11. The lowest BCUT2D eigenvalue weighted by molar-refractivity contribution is 0.493. The minimum atomic E-state index is -4.58. The number of rotatable bonds is 6. The van der Waals surface area contributed by atoms with E-state index in [9.17, 15) is 16.8 Å². The van der Waals surface area contributed by atoms with Gasteiger partial charge in [-0.15, -0.1) is 5.10 Å². The van der Waals surface area contributed by atoms with E-state index in [1.807, 2.05) is 5.53 Å². The quantitative estimate of drug-likeness (QED) is 0.103. The molecule has 4 rings (SSSR count). The number of nitrogens with zero attached hydrogens (tertiary/aromatic N) is 2. The lowest BCUT2D eigenvalue weighted by Crippen LogP contribution is -2.51. The van der Waals surface area contributed by atoms with E-state index in [2.05, 4.69) is 15.4 Å². The monoisotopic (exact) mass is 480 g/mol. The van der Waals surface area contributed by atoms with Gasteiger partial charge in [0.25, 0.3) is 6.01 Å². The van der Waals surface area contributed by atoms with Crippen LogP contribution < -0.4 is 33.3 Å². The number of sulfonamides is 1. The van der Waals surface area contributed by atoms with Crippen molar-refractivity contribution in [3.05, 3.63) is 35.9 Å². The van der Waals surface area contributed by atoms with E-state index in [0.29, 0.717) is 16.7 Å². The van der Waals surface area contributed by atoms with Crippen LogP contribution in [-0.2, 0) is 19.9 Å². The third-order valence-electron chi connectivity index (χ3n) is 5.05. The molecule has 0 bridgehead atoms. The van der Waals surface area contributed by atoms with Crippen molar-refractivity contribution in [2.45, 2.75) is 15.0 Å². The molecule has 0 aliphatic carbocycles. The fourth-order valence-electron chi connectivity index (χ4n) is 3.46. The Bertz CT molecular complexity index is 1460. The van der Waals surface area contributed by atoms with E-state index < -0.39 is 34.9 Å². The van der Waals surface area contributed by atoms with Gasteiger partial charge in [-0.25, -0.2) is 33.4 Å². The first-order valence-corrected chi connectivity index (χ1v) is 12.2. The maximum atomic E-state index is 13.1. The van der Waals surface area contributed by atoms with Gasteiger partial charge in [-0.05, 0) is 29.3 Å². The number of hydrogen-bond donors (Lipinski definition) is 6. The highest BCUT2D eigenvalue weighted by Gasteiger charge is 2.38. The van der Waals surface area contributed by atoms with E-state index in [-0.39, 0.29) is 36.1 Å². The molecule has 1 aromatic heterocycles. The fourth-order valence-corrected chi connectivity index (χ4v) is 6.66. The zero-order chi connectivity index (χ0) is 23.3. The molecular formula is C17H20N8O5S2. The van der Waals surface area contributed by atoms with Crippen LogP contribution in [0, 0.1) is 0 Å². The molecule has 2 heterocycles. The van der Waals surface area contributed by atoms with Crippen molar-refractivity contribution < 1.29 is 21.3 Å². The summed E-state index contributed by atoms with van der Waals surface area (Å²) in [6.45, 7) is 0.363. The maximum absolute atomic E-state index is 13.1. The molecule has 1 aliphatic heterocycles. The molecule has 10 N–H and O–H groups in total. The summed E-state index contributed by atoms with van der Waals surface area (Å²) < 4.78 is 56.9. The maximum Gasteiger partial charge on any atom is 0.292 e. The van der Waals surface area contributed by atoms with Crippen LogP contribution in [-0.4, -0.2) is 46.0 Å². The normalized spacial score (nSPS) is 15.6. The van der Waals surface area contributed by atoms with Crippen LogP contribution in [0.1, 0.15) is 5.56 Å². The van der Waals surface area contributed by atoms with Gasteiger partial charge in [0.05, 0.1) is 10.1 Å². The highest BCUT2D eigenvalue weighted by atomic mass is 32.2. The molecule has 3 aromatic rings. The van der Waals surface area contributed by atoms with E-state index >= 15 is 0 Å². The number of anilines is 1. The molecule has 0 spiro atoms. The van der Waals surface area contributed by atoms with Crippen molar-refractivity contribution in [2.75, 3.05) is 18.8 Å². The third-order valence-corrected chi connectivity index (χ3v) is 8.34. The van der Waals surface area contributed by atoms with Crippen LogP contribution in [0.4, 0.5) is 6.01 Å². The number of nitrogens with two attached hydrogens (primary N) is 4. The average molecular weight is 481 g/mol. The second kappa shape index (κ2) is 7.72. The number of hydrazine groups is 1. The van der Waals surface area contributed by atoms with Crippen molar-refractivity contribution in [3.63, 3.8) is 0 Å². The molecule has 0 unspecified atom stereocenters. The zero-order valence-electron chi connectivity index (χ0n) is 16.4. The first-order valence-electron chi connectivity index (χ1n) is 9.14. The van der Waals surface area contributed by atoms with E-state index in [0.717, 1.165) is 0 Å². The number of sulfone groups is 1. The Morgan fingerprint density at radius 3 is 2.50 bits per heavy atom. The topological polar surface area (TPSA) is 235 Å². The Morgan fingerprint density at radius 2 is 1.91 bits per heavy atom. The molecule has 170 valence electrons. The first-order chi connectivity index (χ1) is 15.0. The molecule has 2 aromatic carbocycles. The van der Waals surface area contributed by atoms with Crippen LogP contribution in [0.2, 0.25) is 0 Å². The molecule has 0 amide bonds. The molecule has 0 saturated carbocycles. The van der Waals surface area contributed by atoms with Crippen LogP contribution in [0.3, 0.4) is 0 Å². The van der Waals surface area contributed by atoms with Crippen molar-refractivity contribution in [2.24, 2.45) is 21.8 Å². The molecule has 1 aliphatic rings. The van der Waals surface area contributed by atoms with E-state index in [4.69, 9.17) is 26.9 Å². The number of benzene rings is 2. The van der Waals surface area contributed by atoms with Gasteiger partial charge in [-0.2, -0.15) is 4.98 Å². The van der Waals surface area contributed by atoms with E-state index in [1.54, 1.807) is 18.2 Å². The molecule has 13 nitrogen and oxygen atoms in total. The number of primary sulfonamides is 1. The number of oxazole rings is 1. The lowest BCUT2D eigenvalue weighted by Gasteiger charge is -2.28. The molecule has 1 saturated heterocycles. The third kappa shape index (κ3) is 3.65. The summed E-state index contributed by atoms with van der Waals surface area (Å²) in [5.74, 6) is 4.85. The molecule has 0 radical (unpaired) electrons. The van der Waals surface area contributed by atoms with Crippen molar-refractivity contribution in [3.8, 4) is 11.1 Å². The Balaban J connectivity index is 2.07. The van der Waals surface area contributed by atoms with Crippen molar-refractivity contribution >= 4 is 42.8 Å². The minimum absolute atomic E-state index is 0.0495. The first kappa shape index (κ1) is 22.0. The largest absolute Gasteiger partial charge is 0.424 e. The standard InChI is InChI=1S/C17H20N8O5S2/c18-16(24-25-20)14-10(8-1-3-11-12(5-8)30-17(19)23-11)2-4-13(15(14)32(21,28)29)31(26,27)9-6-22-7-9/h1-5,9,22,25H,6-7,20H2,(H2,18,24)(H2,19,23)(H2,21,28,29). The predicted molar refractivity (Wildman–Crippen MR) is 117 cm³/mol. The van der Waals surface area contributed by atoms with Crippen LogP contribution >= 0.6 is 0 Å². The highest BCUT2D eigenvalue weighted by Crippen LogP contribution is 2.36. The van der Waals surface area contributed by atoms with Crippen molar-refractivity contribution in [1.29, 1.82) is 0 Å². The summed E-state index contributed by atoms with van der Waals surface area (Å²) in [4.78, 5) is 2.87. The van der Waals surface area contributed by atoms with Crippen LogP contribution in [0.5, 0.6) is 0 Å². The van der Waals surface area contributed by atoms with Crippen LogP contribution in [0.15, 0.2) is 49.6 Å². The lowest BCUT2D eigenvalue weighted by atomic mass is 9.98. The van der Waals surface area contributed by atoms with Crippen LogP contribution in [0.25, 0.3) is 22.2 Å². The van der Waals surface area contributed by atoms with Gasteiger partial charge in [0.15, 0.2) is 21.3 Å². The summed E-state index contributed by atoms with van der Waals surface area (Å²) in [7, 11) is -8.63. The Morgan fingerprint density at radius 1 is 1.19 bits per heavy atom. The Kier molecular flexibility index (Phi) is 5.30. The van der Waals surface area contributed by atoms with Gasteiger partial charge >= 0.3 is 0 Å². The van der Waals surface area contributed by atoms with Gasteiger partial charge in [-0.1, -0.05) is 12.1 Å². The predicted octanol–water partition coefficient (Wildman–Crippen LogP) is -1.45. The molecule has 15 heteroatoms. The number of fused-ring (bicyclic) bond motifs is 1. The SMILES string of the molecule is NN/N=C(\N)c1c(-c2ccc3nc(N)oc3c2)ccc(S(=O)(=O)C2CNC2)c1S(N)(=O)=O. The van der Waals surface area contributed by atoms with Gasteiger partial charge in [0.2, 0.25) is 10.0 Å². The van der Waals surface area contributed by atoms with Gasteiger partial charge in [0, 0.05) is 18.7 Å². The fraction of sp³-hybridized carbons (Fsp3) is 0.176. The second-order valence-corrected chi connectivity index (χ2v) is 10.7. The number of amidine groups is 1. The smallest absolute Gasteiger partial charge is 0.292 e. The zero-order valence-corrected chi connectivity index (χ0v) is 18.1. The van der Waals surface area contributed by atoms with Gasteiger partial charge in [-0.3, -0.25) is 0 Å². The molecular weight excluding hydrogens is 460 g/mol. The van der Waals surface area contributed by atoms with Gasteiger partial charge in [0.1, 0.15) is 10.4 Å². The average Bonchev–Trinajstić information content (AvgIpc) is 3.03. The summed E-state index contributed by atoms with van der Waals surface area (Å²) in [6, 6.07) is 7.33. The second-order valence-electron chi connectivity index (χ2n) is 7.05. The number of hydrazone groups is 1. The van der Waals surface area contributed by atoms with E-state index in [1.165, 1.54) is 12.1 Å². The molecule has 0 atom stereocenters. The number of nitrogen functional groups attached to an aromatic ring is 1. The number of aromatic nitrogens is 1.